The number of halogens is 2. The summed E-state index contributed by atoms with van der Waals surface area (Å²) in [6, 6.07) is 16.0. The van der Waals surface area contributed by atoms with E-state index in [4.69, 9.17) is 11.6 Å². The van der Waals surface area contributed by atoms with Gasteiger partial charge in [-0.15, -0.1) is 12.4 Å². The van der Waals surface area contributed by atoms with Gasteiger partial charge in [-0.3, -0.25) is 4.99 Å². The summed E-state index contributed by atoms with van der Waals surface area (Å²) in [5, 5.41) is 3.86. The average molecular weight is 295 g/mol. The van der Waals surface area contributed by atoms with Gasteiger partial charge in [-0.25, -0.2) is 0 Å². The van der Waals surface area contributed by atoms with Crippen molar-refractivity contribution in [1.29, 1.82) is 0 Å². The molecule has 4 heteroatoms. The Kier molecular flexibility index (Phi) is 5.87. The third-order valence-electron chi connectivity index (χ3n) is 2.80. The minimum absolute atomic E-state index is 0. The zero-order chi connectivity index (χ0) is 13.0. The molecule has 0 spiro atoms. The van der Waals surface area contributed by atoms with E-state index in [9.17, 15) is 0 Å². The second-order valence-electron chi connectivity index (χ2n) is 3.87. The van der Waals surface area contributed by atoms with Crippen molar-refractivity contribution in [1.82, 2.24) is 5.32 Å². The maximum absolute atomic E-state index is 5.92. The van der Waals surface area contributed by atoms with Crippen molar-refractivity contribution in [3.63, 3.8) is 0 Å². The van der Waals surface area contributed by atoms with Crippen molar-refractivity contribution < 1.29 is 0 Å². The van der Waals surface area contributed by atoms with Crippen LogP contribution in [-0.2, 0) is 0 Å². The number of nitrogens with zero attached hydrogens (tertiary/aromatic N) is 1. The fourth-order valence-electron chi connectivity index (χ4n) is 1.94. The first-order valence-electron chi connectivity index (χ1n) is 5.76. The minimum Gasteiger partial charge on any atom is -0.373 e. The van der Waals surface area contributed by atoms with Gasteiger partial charge < -0.3 is 5.32 Å². The average Bonchev–Trinajstić information content (AvgIpc) is 2.42. The highest BCUT2D eigenvalue weighted by Gasteiger charge is 2.08. The molecule has 2 aromatic carbocycles. The maximum Gasteiger partial charge on any atom is 0.128 e. The van der Waals surface area contributed by atoms with Crippen molar-refractivity contribution in [3.8, 4) is 11.1 Å². The second-order valence-corrected chi connectivity index (χ2v) is 4.31. The molecule has 0 unspecified atom stereocenters. The van der Waals surface area contributed by atoms with E-state index in [1.54, 1.807) is 7.05 Å². The van der Waals surface area contributed by atoms with Crippen molar-refractivity contribution in [2.24, 2.45) is 4.99 Å². The minimum atomic E-state index is 0. The summed E-state index contributed by atoms with van der Waals surface area (Å²) in [5.74, 6) is 0.876. The number of nitrogens with one attached hydrogen (secondary N) is 1. The number of benzene rings is 2. The molecule has 100 valence electrons. The quantitative estimate of drug-likeness (QED) is 0.656. The van der Waals surface area contributed by atoms with Crippen LogP contribution in [0, 0.1) is 0 Å². The topological polar surface area (TPSA) is 24.4 Å². The highest BCUT2D eigenvalue weighted by Crippen LogP contribution is 2.25. The van der Waals surface area contributed by atoms with Crippen molar-refractivity contribution in [3.05, 3.63) is 59.1 Å². The van der Waals surface area contributed by atoms with E-state index < -0.39 is 0 Å². The molecule has 0 aliphatic carbocycles. The molecule has 0 aliphatic rings. The monoisotopic (exact) mass is 294 g/mol. The van der Waals surface area contributed by atoms with Gasteiger partial charge in [0, 0.05) is 24.7 Å². The Hall–Kier alpha value is -1.51. The molecule has 2 aromatic rings. The van der Waals surface area contributed by atoms with E-state index in [-0.39, 0.29) is 12.4 Å². The summed E-state index contributed by atoms with van der Waals surface area (Å²) >= 11 is 5.92. The summed E-state index contributed by atoms with van der Waals surface area (Å²) in [7, 11) is 3.66. The Balaban J connectivity index is 0.00000180. The number of hydrogen-bond acceptors (Lipinski definition) is 1. The molecule has 1 N–H and O–H groups in total. The zero-order valence-electron chi connectivity index (χ0n) is 10.9. The molecule has 0 saturated heterocycles. The molecule has 0 fully saturated rings. The normalized spacial score (nSPS) is 10.8. The van der Waals surface area contributed by atoms with Gasteiger partial charge >= 0.3 is 0 Å². The van der Waals surface area contributed by atoms with Gasteiger partial charge in [-0.05, 0) is 23.3 Å². The molecule has 0 aliphatic heterocycles. The number of aliphatic imine (C=N–C) groups is 1. The van der Waals surface area contributed by atoms with Crippen LogP contribution >= 0.6 is 24.0 Å². The predicted octanol–water partition coefficient (Wildman–Crippen LogP) is 4.02. The standard InChI is InChI=1S/C15H15ClN2.ClH/c1-17-15(18-2)14-6-4-3-5-13(14)11-7-9-12(16)10-8-11;/h3-10H,1-2H3,(H,17,18);1H. The Morgan fingerprint density at radius 1 is 1.05 bits per heavy atom. The van der Waals surface area contributed by atoms with Crippen LogP contribution < -0.4 is 5.32 Å². The van der Waals surface area contributed by atoms with Gasteiger partial charge in [0.25, 0.3) is 0 Å². The highest BCUT2D eigenvalue weighted by atomic mass is 35.5. The maximum atomic E-state index is 5.92. The summed E-state index contributed by atoms with van der Waals surface area (Å²) in [6.07, 6.45) is 0. The first-order valence-corrected chi connectivity index (χ1v) is 6.14. The van der Waals surface area contributed by atoms with Gasteiger partial charge in [0.05, 0.1) is 0 Å². The van der Waals surface area contributed by atoms with Crippen LogP contribution in [0.1, 0.15) is 5.56 Å². The van der Waals surface area contributed by atoms with Gasteiger partial charge in [-0.1, -0.05) is 48.0 Å². The molecule has 0 heterocycles. The first-order chi connectivity index (χ1) is 8.76. The van der Waals surface area contributed by atoms with E-state index in [2.05, 4.69) is 22.4 Å². The molecule has 19 heavy (non-hydrogen) atoms. The lowest BCUT2D eigenvalue weighted by Crippen LogP contribution is -2.20. The van der Waals surface area contributed by atoms with Gasteiger partial charge in [-0.2, -0.15) is 0 Å². The van der Waals surface area contributed by atoms with Crippen LogP contribution in [0.2, 0.25) is 5.02 Å². The summed E-state index contributed by atoms with van der Waals surface area (Å²) in [4.78, 5) is 4.26. The molecular formula is C15H16Cl2N2. The largest absolute Gasteiger partial charge is 0.373 e. The molecule has 0 amide bonds. The van der Waals surface area contributed by atoms with Gasteiger partial charge in [0.1, 0.15) is 5.84 Å². The van der Waals surface area contributed by atoms with Crippen LogP contribution in [-0.4, -0.2) is 19.9 Å². The first kappa shape index (κ1) is 15.5. The van der Waals surface area contributed by atoms with E-state index in [0.29, 0.717) is 0 Å². The van der Waals surface area contributed by atoms with Crippen molar-refractivity contribution in [2.75, 3.05) is 14.1 Å². The lowest BCUT2D eigenvalue weighted by Gasteiger charge is -2.11. The molecule has 2 rings (SSSR count). The molecule has 0 atom stereocenters. The summed E-state index contributed by atoms with van der Waals surface area (Å²) in [6.45, 7) is 0. The lowest BCUT2D eigenvalue weighted by atomic mass is 9.99. The van der Waals surface area contributed by atoms with Crippen LogP contribution in [0.25, 0.3) is 11.1 Å². The molecule has 0 bridgehead atoms. The van der Waals surface area contributed by atoms with E-state index in [0.717, 1.165) is 27.5 Å². The Bertz CT molecular complexity index is 563. The Morgan fingerprint density at radius 2 is 1.68 bits per heavy atom. The number of amidine groups is 1. The second kappa shape index (κ2) is 7.17. The number of hydrogen-bond donors (Lipinski definition) is 1. The van der Waals surface area contributed by atoms with Crippen molar-refractivity contribution >= 4 is 29.8 Å². The van der Waals surface area contributed by atoms with E-state index in [1.165, 1.54) is 0 Å². The predicted molar refractivity (Wildman–Crippen MR) is 85.7 cm³/mol. The molecule has 0 aromatic heterocycles. The fraction of sp³-hybridized carbons (Fsp3) is 0.133. The summed E-state index contributed by atoms with van der Waals surface area (Å²) < 4.78 is 0. The van der Waals surface area contributed by atoms with Crippen molar-refractivity contribution in [2.45, 2.75) is 0 Å². The number of rotatable bonds is 2. The van der Waals surface area contributed by atoms with Crippen LogP contribution in [0.5, 0.6) is 0 Å². The highest BCUT2D eigenvalue weighted by molar-refractivity contribution is 6.30. The molecular weight excluding hydrogens is 279 g/mol. The lowest BCUT2D eigenvalue weighted by molar-refractivity contribution is 1.15. The fourth-order valence-corrected chi connectivity index (χ4v) is 2.06. The Labute approximate surface area is 124 Å². The van der Waals surface area contributed by atoms with Crippen LogP contribution in [0.3, 0.4) is 0 Å². The Morgan fingerprint density at radius 3 is 2.26 bits per heavy atom. The van der Waals surface area contributed by atoms with Gasteiger partial charge in [0.2, 0.25) is 0 Å². The van der Waals surface area contributed by atoms with Crippen LogP contribution in [0.15, 0.2) is 53.5 Å². The molecule has 0 saturated carbocycles. The van der Waals surface area contributed by atoms with E-state index >= 15 is 0 Å². The summed E-state index contributed by atoms with van der Waals surface area (Å²) in [5.41, 5.74) is 3.36. The molecule has 0 radical (unpaired) electrons. The third kappa shape index (κ3) is 3.49. The SMILES string of the molecule is CN=C(NC)c1ccccc1-c1ccc(Cl)cc1.Cl. The van der Waals surface area contributed by atoms with E-state index in [1.807, 2.05) is 43.4 Å². The molecule has 2 nitrogen and oxygen atoms in total. The van der Waals surface area contributed by atoms with Gasteiger partial charge in [0.15, 0.2) is 0 Å². The zero-order valence-corrected chi connectivity index (χ0v) is 12.4. The smallest absolute Gasteiger partial charge is 0.128 e. The van der Waals surface area contributed by atoms with Crippen LogP contribution in [0.4, 0.5) is 0 Å². The third-order valence-corrected chi connectivity index (χ3v) is 3.05.